The maximum Gasteiger partial charge on any atom is 0.191 e. The van der Waals surface area contributed by atoms with Crippen LogP contribution >= 0.6 is 24.0 Å². The molecule has 0 atom stereocenters. The summed E-state index contributed by atoms with van der Waals surface area (Å²) in [7, 11) is 0. The first-order valence-electron chi connectivity index (χ1n) is 9.14. The lowest BCUT2D eigenvalue weighted by Crippen LogP contribution is -2.39. The van der Waals surface area contributed by atoms with E-state index in [0.29, 0.717) is 6.54 Å². The first-order valence-corrected chi connectivity index (χ1v) is 9.14. The second kappa shape index (κ2) is 14.4. The van der Waals surface area contributed by atoms with E-state index in [4.69, 9.17) is 9.15 Å². The van der Waals surface area contributed by atoms with E-state index in [1.54, 1.807) is 18.4 Å². The first-order chi connectivity index (χ1) is 12.8. The molecule has 2 N–H and O–H groups in total. The molecule has 0 spiro atoms. The second-order valence-electron chi connectivity index (χ2n) is 5.84. The summed E-state index contributed by atoms with van der Waals surface area (Å²) in [5, 5.41) is 6.65. The van der Waals surface area contributed by atoms with Crippen molar-refractivity contribution in [3.05, 3.63) is 59.8 Å². The van der Waals surface area contributed by atoms with E-state index in [9.17, 15) is 4.39 Å². The number of guanidine groups is 1. The smallest absolute Gasteiger partial charge is 0.191 e. The molecule has 2 aromatic rings. The number of nitrogens with zero attached hydrogens (tertiary/aromatic N) is 1. The van der Waals surface area contributed by atoms with Crippen LogP contribution in [0.1, 0.15) is 24.7 Å². The molecule has 0 saturated heterocycles. The lowest BCUT2D eigenvalue weighted by molar-refractivity contribution is 0.146. The van der Waals surface area contributed by atoms with Gasteiger partial charge < -0.3 is 19.8 Å². The predicted octanol–water partition coefficient (Wildman–Crippen LogP) is 3.78. The van der Waals surface area contributed by atoms with Crippen molar-refractivity contribution < 1.29 is 13.5 Å². The summed E-state index contributed by atoms with van der Waals surface area (Å²) in [6.45, 7) is 5.60. The summed E-state index contributed by atoms with van der Waals surface area (Å²) in [5.74, 6) is 1.51. The van der Waals surface area contributed by atoms with Gasteiger partial charge >= 0.3 is 0 Å². The molecule has 150 valence electrons. The van der Waals surface area contributed by atoms with Gasteiger partial charge in [0.1, 0.15) is 11.6 Å². The molecule has 0 aliphatic rings. The topological polar surface area (TPSA) is 58.8 Å². The first kappa shape index (κ1) is 23.4. The van der Waals surface area contributed by atoms with Crippen LogP contribution in [0.15, 0.2) is 52.1 Å². The zero-order valence-electron chi connectivity index (χ0n) is 15.7. The van der Waals surface area contributed by atoms with Gasteiger partial charge in [-0.25, -0.2) is 4.39 Å². The maximum absolute atomic E-state index is 13.0. The number of hydrogen-bond acceptors (Lipinski definition) is 3. The molecule has 0 bridgehead atoms. The van der Waals surface area contributed by atoms with E-state index in [0.717, 1.165) is 62.8 Å². The van der Waals surface area contributed by atoms with E-state index in [-0.39, 0.29) is 29.8 Å². The van der Waals surface area contributed by atoms with Gasteiger partial charge in [-0.05, 0) is 49.6 Å². The van der Waals surface area contributed by atoms with Crippen molar-refractivity contribution in [3.8, 4) is 0 Å². The molecule has 0 aliphatic heterocycles. The largest absolute Gasteiger partial charge is 0.469 e. The van der Waals surface area contributed by atoms with Crippen LogP contribution in [0.4, 0.5) is 4.39 Å². The van der Waals surface area contributed by atoms with Crippen molar-refractivity contribution in [2.24, 2.45) is 4.99 Å². The Morgan fingerprint density at radius 1 is 1.11 bits per heavy atom. The number of halogens is 2. The molecule has 1 aromatic carbocycles. The lowest BCUT2D eigenvalue weighted by Gasteiger charge is -2.12. The molecule has 0 amide bonds. The van der Waals surface area contributed by atoms with Crippen LogP contribution in [-0.4, -0.2) is 38.8 Å². The normalized spacial score (nSPS) is 11.1. The molecular formula is C20H29FIN3O2. The van der Waals surface area contributed by atoms with Crippen LogP contribution < -0.4 is 10.6 Å². The molecule has 0 saturated carbocycles. The average Bonchev–Trinajstić information content (AvgIpc) is 3.16. The Kier molecular flexibility index (Phi) is 12.5. The number of rotatable bonds is 11. The summed E-state index contributed by atoms with van der Waals surface area (Å²) in [4.78, 5) is 4.58. The fourth-order valence-electron chi connectivity index (χ4n) is 2.41. The predicted molar refractivity (Wildman–Crippen MR) is 117 cm³/mol. The third-order valence-corrected chi connectivity index (χ3v) is 3.78. The summed E-state index contributed by atoms with van der Waals surface area (Å²) in [6.07, 6.45) is 4.17. The van der Waals surface area contributed by atoms with Gasteiger partial charge in [0.15, 0.2) is 5.96 Å². The average molecular weight is 489 g/mol. The monoisotopic (exact) mass is 489 g/mol. The second-order valence-corrected chi connectivity index (χ2v) is 5.84. The SMILES string of the molecule is CCOCCCN=C(NCCc1ccc(F)cc1)NCCc1ccco1.I. The van der Waals surface area contributed by atoms with E-state index < -0.39 is 0 Å². The van der Waals surface area contributed by atoms with Crippen molar-refractivity contribution in [2.75, 3.05) is 32.8 Å². The van der Waals surface area contributed by atoms with Crippen LogP contribution in [0.25, 0.3) is 0 Å². The number of ether oxygens (including phenoxy) is 1. The highest BCUT2D eigenvalue weighted by Crippen LogP contribution is 2.03. The third-order valence-electron chi connectivity index (χ3n) is 3.78. The van der Waals surface area contributed by atoms with Gasteiger partial charge in [0, 0.05) is 39.3 Å². The Hall–Kier alpha value is -1.61. The van der Waals surface area contributed by atoms with Crippen molar-refractivity contribution in [1.29, 1.82) is 0 Å². The number of aliphatic imine (C=N–C) groups is 1. The molecule has 0 unspecified atom stereocenters. The number of furan rings is 1. The van der Waals surface area contributed by atoms with Crippen molar-refractivity contribution in [3.63, 3.8) is 0 Å². The van der Waals surface area contributed by atoms with E-state index in [1.165, 1.54) is 12.1 Å². The van der Waals surface area contributed by atoms with Gasteiger partial charge in [0.2, 0.25) is 0 Å². The highest BCUT2D eigenvalue weighted by atomic mass is 127. The molecule has 0 radical (unpaired) electrons. The Balaban J connectivity index is 0.00000364. The summed E-state index contributed by atoms with van der Waals surface area (Å²) in [6, 6.07) is 10.4. The Morgan fingerprint density at radius 2 is 1.85 bits per heavy atom. The van der Waals surface area contributed by atoms with Crippen molar-refractivity contribution in [1.82, 2.24) is 10.6 Å². The zero-order valence-corrected chi connectivity index (χ0v) is 18.1. The minimum Gasteiger partial charge on any atom is -0.469 e. The van der Waals surface area contributed by atoms with Crippen LogP contribution in [0.5, 0.6) is 0 Å². The number of hydrogen-bond donors (Lipinski definition) is 2. The van der Waals surface area contributed by atoms with Gasteiger partial charge in [-0.3, -0.25) is 4.99 Å². The molecule has 0 fully saturated rings. The van der Waals surface area contributed by atoms with Crippen LogP contribution in [0, 0.1) is 5.82 Å². The molecule has 0 aliphatic carbocycles. The quantitative estimate of drug-likeness (QED) is 0.218. The molecule has 1 aromatic heterocycles. The maximum atomic E-state index is 13.0. The Morgan fingerprint density at radius 3 is 2.52 bits per heavy atom. The Bertz CT molecular complexity index is 633. The lowest BCUT2D eigenvalue weighted by atomic mass is 10.1. The highest BCUT2D eigenvalue weighted by Gasteiger charge is 2.01. The van der Waals surface area contributed by atoms with E-state index in [1.807, 2.05) is 19.1 Å². The summed E-state index contributed by atoms with van der Waals surface area (Å²) in [5.41, 5.74) is 1.09. The van der Waals surface area contributed by atoms with Gasteiger partial charge in [-0.1, -0.05) is 12.1 Å². The number of nitrogens with one attached hydrogen (secondary N) is 2. The Labute approximate surface area is 177 Å². The fraction of sp³-hybridized carbons (Fsp3) is 0.450. The van der Waals surface area contributed by atoms with E-state index in [2.05, 4.69) is 15.6 Å². The standard InChI is InChI=1S/C20H28FN3O2.HI/c1-2-25-15-4-12-22-20(24-14-11-19-5-3-16-26-19)23-13-10-17-6-8-18(21)9-7-17;/h3,5-9,16H,2,4,10-15H2,1H3,(H2,22,23,24);1H. The zero-order chi connectivity index (χ0) is 18.5. The third kappa shape index (κ3) is 10.3. The minimum absolute atomic E-state index is 0. The van der Waals surface area contributed by atoms with Gasteiger partial charge in [-0.15, -0.1) is 24.0 Å². The molecular weight excluding hydrogens is 460 g/mol. The highest BCUT2D eigenvalue weighted by molar-refractivity contribution is 14.0. The van der Waals surface area contributed by atoms with Crippen molar-refractivity contribution >= 4 is 29.9 Å². The summed E-state index contributed by atoms with van der Waals surface area (Å²) < 4.78 is 23.6. The molecule has 27 heavy (non-hydrogen) atoms. The van der Waals surface area contributed by atoms with Crippen LogP contribution in [-0.2, 0) is 17.6 Å². The molecule has 2 rings (SSSR count). The van der Waals surface area contributed by atoms with Crippen LogP contribution in [0.3, 0.4) is 0 Å². The van der Waals surface area contributed by atoms with Crippen LogP contribution in [0.2, 0.25) is 0 Å². The van der Waals surface area contributed by atoms with E-state index >= 15 is 0 Å². The van der Waals surface area contributed by atoms with Gasteiger partial charge in [0.25, 0.3) is 0 Å². The molecule has 1 heterocycles. The fourth-order valence-corrected chi connectivity index (χ4v) is 2.41. The van der Waals surface area contributed by atoms with Gasteiger partial charge in [-0.2, -0.15) is 0 Å². The number of benzene rings is 1. The minimum atomic E-state index is -0.210. The molecule has 5 nitrogen and oxygen atoms in total. The van der Waals surface area contributed by atoms with Gasteiger partial charge in [0.05, 0.1) is 6.26 Å². The summed E-state index contributed by atoms with van der Waals surface area (Å²) >= 11 is 0. The molecule has 7 heteroatoms. The van der Waals surface area contributed by atoms with Crippen molar-refractivity contribution in [2.45, 2.75) is 26.2 Å².